The number of anilines is 1. The molecule has 0 aliphatic carbocycles. The Morgan fingerprint density at radius 3 is 2.72 bits per heavy atom. The van der Waals surface area contributed by atoms with E-state index in [4.69, 9.17) is 22.1 Å². The molecule has 0 radical (unpaired) electrons. The van der Waals surface area contributed by atoms with Gasteiger partial charge in [0.1, 0.15) is 0 Å². The quantitative estimate of drug-likeness (QED) is 0.584. The number of rotatable bonds is 5. The number of hydrogen-bond donors (Lipinski definition) is 0. The third-order valence-corrected chi connectivity index (χ3v) is 7.06. The zero-order chi connectivity index (χ0) is 19.6. The van der Waals surface area contributed by atoms with Gasteiger partial charge >= 0.3 is 0 Å². The van der Waals surface area contributed by atoms with Gasteiger partial charge in [-0.15, -0.1) is 16.4 Å². The van der Waals surface area contributed by atoms with Crippen LogP contribution in [0.2, 0.25) is 0 Å². The number of hydrogen-bond acceptors (Lipinski definition) is 6. The Balaban J connectivity index is 1.43. The summed E-state index contributed by atoms with van der Waals surface area (Å²) in [5.74, 6) is 0.954. The maximum absolute atomic E-state index is 5.89. The first kappa shape index (κ1) is 19.0. The Bertz CT molecular complexity index is 1020. The summed E-state index contributed by atoms with van der Waals surface area (Å²) in [7, 11) is 0. The zero-order valence-corrected chi connectivity index (χ0v) is 18.0. The topological polar surface area (TPSA) is 38.5 Å². The van der Waals surface area contributed by atoms with E-state index in [0.717, 1.165) is 69.7 Å². The summed E-state index contributed by atoms with van der Waals surface area (Å²) < 4.78 is 10.5. The molecule has 1 aromatic carbocycles. The van der Waals surface area contributed by atoms with E-state index in [1.54, 1.807) is 0 Å². The molecular formula is C21H25N5OS2. The van der Waals surface area contributed by atoms with Crippen LogP contribution >= 0.6 is 23.6 Å². The molecule has 2 aliphatic rings. The summed E-state index contributed by atoms with van der Waals surface area (Å²) >= 11 is 7.76. The van der Waals surface area contributed by atoms with Crippen LogP contribution < -0.4 is 4.90 Å². The molecule has 0 saturated carbocycles. The Labute approximate surface area is 179 Å². The third kappa shape index (κ3) is 4.02. The Morgan fingerprint density at radius 2 is 1.90 bits per heavy atom. The van der Waals surface area contributed by atoms with Crippen molar-refractivity contribution in [2.75, 3.05) is 37.7 Å². The predicted octanol–water partition coefficient (Wildman–Crippen LogP) is 3.38. The second kappa shape index (κ2) is 8.39. The van der Waals surface area contributed by atoms with E-state index in [-0.39, 0.29) is 0 Å². The van der Waals surface area contributed by atoms with Gasteiger partial charge in [0.2, 0.25) is 10.7 Å². The van der Waals surface area contributed by atoms with Crippen molar-refractivity contribution >= 4 is 29.5 Å². The minimum absolute atomic E-state index is 0.729. The van der Waals surface area contributed by atoms with Crippen LogP contribution in [0.15, 0.2) is 41.8 Å². The van der Waals surface area contributed by atoms with E-state index in [2.05, 4.69) is 50.1 Å². The smallest absolute Gasteiger partial charge is 0.226 e. The maximum Gasteiger partial charge on any atom is 0.226 e. The van der Waals surface area contributed by atoms with Crippen molar-refractivity contribution in [1.82, 2.24) is 19.2 Å². The normalized spacial score (nSPS) is 17.4. The molecule has 4 heterocycles. The Hall–Kier alpha value is -2.00. The van der Waals surface area contributed by atoms with Gasteiger partial charge in [-0.1, -0.05) is 30.3 Å². The number of ether oxygens (including phenoxy) is 1. The van der Waals surface area contributed by atoms with Gasteiger partial charge in [-0.2, -0.15) is 0 Å². The molecule has 0 N–H and O–H groups in total. The molecule has 0 bridgehead atoms. The lowest BCUT2D eigenvalue weighted by Gasteiger charge is -2.28. The van der Waals surface area contributed by atoms with Crippen molar-refractivity contribution < 1.29 is 4.74 Å². The Kier molecular flexibility index (Phi) is 5.50. The molecule has 1 fully saturated rings. The summed E-state index contributed by atoms with van der Waals surface area (Å²) in [5.41, 5.74) is 2.68. The Morgan fingerprint density at radius 1 is 1.07 bits per heavy atom. The lowest BCUT2D eigenvalue weighted by atomic mass is 10.1. The van der Waals surface area contributed by atoms with E-state index < -0.39 is 0 Å². The molecular weight excluding hydrogens is 402 g/mol. The van der Waals surface area contributed by atoms with Crippen molar-refractivity contribution in [3.05, 3.63) is 62.6 Å². The van der Waals surface area contributed by atoms with Crippen LogP contribution in [-0.4, -0.2) is 52.1 Å². The lowest BCUT2D eigenvalue weighted by molar-refractivity contribution is 0.121. The number of fused-ring (bicyclic) bond motifs is 1. The fourth-order valence-electron chi connectivity index (χ4n) is 4.04. The van der Waals surface area contributed by atoms with Crippen molar-refractivity contribution in [2.24, 2.45) is 0 Å². The van der Waals surface area contributed by atoms with Gasteiger partial charge in [-0.3, -0.25) is 9.47 Å². The molecule has 0 unspecified atom stereocenters. The van der Waals surface area contributed by atoms with Gasteiger partial charge in [0.05, 0.1) is 26.4 Å². The van der Waals surface area contributed by atoms with Gasteiger partial charge in [-0.05, 0) is 41.2 Å². The molecule has 0 amide bonds. The molecule has 1 saturated heterocycles. The molecule has 29 heavy (non-hydrogen) atoms. The first-order chi connectivity index (χ1) is 14.3. The van der Waals surface area contributed by atoms with Gasteiger partial charge in [0.25, 0.3) is 0 Å². The highest BCUT2D eigenvalue weighted by molar-refractivity contribution is 7.71. The van der Waals surface area contributed by atoms with Crippen LogP contribution in [0, 0.1) is 4.77 Å². The highest BCUT2D eigenvalue weighted by Gasteiger charge is 2.22. The second-order valence-corrected chi connectivity index (χ2v) is 8.93. The first-order valence-electron chi connectivity index (χ1n) is 10.1. The van der Waals surface area contributed by atoms with E-state index in [0.29, 0.717) is 0 Å². The largest absolute Gasteiger partial charge is 0.378 e. The van der Waals surface area contributed by atoms with Gasteiger partial charge < -0.3 is 9.64 Å². The third-order valence-electron chi connectivity index (χ3n) is 5.60. The standard InChI is InChI=1S/C21H25N5OS2/c28-21-25(14-17-4-2-1-3-5-17)20(24-9-11-27-12-10-24)22-26(21)16-23-8-6-19-18(15-23)7-13-29-19/h1-5,7,13H,6,8-12,14-16H2. The van der Waals surface area contributed by atoms with Crippen LogP contribution in [0.25, 0.3) is 0 Å². The average molecular weight is 428 g/mol. The van der Waals surface area contributed by atoms with Crippen LogP contribution in [0.5, 0.6) is 0 Å². The van der Waals surface area contributed by atoms with Gasteiger partial charge in [0, 0.05) is 31.1 Å². The van der Waals surface area contributed by atoms with E-state index in [1.165, 1.54) is 16.0 Å². The average Bonchev–Trinajstić information content (AvgIpc) is 3.35. The number of benzene rings is 1. The second-order valence-electron chi connectivity index (χ2n) is 7.57. The van der Waals surface area contributed by atoms with Crippen LogP contribution in [0.4, 0.5) is 5.95 Å². The molecule has 0 spiro atoms. The van der Waals surface area contributed by atoms with Crippen molar-refractivity contribution in [3.8, 4) is 0 Å². The van der Waals surface area contributed by atoms with Gasteiger partial charge in [0.15, 0.2) is 0 Å². The number of aromatic nitrogens is 3. The fraction of sp³-hybridized carbons (Fsp3) is 0.429. The van der Waals surface area contributed by atoms with Crippen LogP contribution in [0.3, 0.4) is 0 Å². The summed E-state index contributed by atoms with van der Waals surface area (Å²) in [5, 5.41) is 7.17. The van der Waals surface area contributed by atoms with E-state index in [1.807, 2.05) is 22.1 Å². The monoisotopic (exact) mass is 427 g/mol. The SMILES string of the molecule is S=c1n(CN2CCc3sccc3C2)nc(N2CCOCC2)n1Cc1ccccc1. The molecule has 0 atom stereocenters. The number of nitrogens with zero attached hydrogens (tertiary/aromatic N) is 5. The molecule has 3 aromatic rings. The minimum Gasteiger partial charge on any atom is -0.378 e. The molecule has 2 aromatic heterocycles. The molecule has 6 nitrogen and oxygen atoms in total. The fourth-order valence-corrected chi connectivity index (χ4v) is 5.17. The van der Waals surface area contributed by atoms with E-state index >= 15 is 0 Å². The number of thiophene rings is 1. The van der Waals surface area contributed by atoms with Crippen molar-refractivity contribution in [1.29, 1.82) is 0 Å². The summed E-state index contributed by atoms with van der Waals surface area (Å²) in [4.78, 5) is 6.26. The summed E-state index contributed by atoms with van der Waals surface area (Å²) in [6.07, 6.45) is 1.11. The minimum atomic E-state index is 0.729. The highest BCUT2D eigenvalue weighted by atomic mass is 32.1. The van der Waals surface area contributed by atoms with Gasteiger partial charge in [-0.25, -0.2) is 4.68 Å². The lowest BCUT2D eigenvalue weighted by Crippen LogP contribution is -2.38. The van der Waals surface area contributed by atoms with Crippen molar-refractivity contribution in [3.63, 3.8) is 0 Å². The van der Waals surface area contributed by atoms with Crippen LogP contribution in [0.1, 0.15) is 16.0 Å². The number of morpholine rings is 1. The summed E-state index contributed by atoms with van der Waals surface area (Å²) in [6, 6.07) is 12.7. The van der Waals surface area contributed by atoms with Crippen molar-refractivity contribution in [2.45, 2.75) is 26.2 Å². The molecule has 8 heteroatoms. The molecule has 2 aliphatic heterocycles. The molecule has 152 valence electrons. The first-order valence-corrected chi connectivity index (χ1v) is 11.4. The van der Waals surface area contributed by atoms with E-state index in [9.17, 15) is 0 Å². The highest BCUT2D eigenvalue weighted by Crippen LogP contribution is 2.25. The van der Waals surface area contributed by atoms with Crippen LogP contribution in [-0.2, 0) is 30.9 Å². The zero-order valence-electron chi connectivity index (χ0n) is 16.4. The summed E-state index contributed by atoms with van der Waals surface area (Å²) in [6.45, 7) is 6.65. The predicted molar refractivity (Wildman–Crippen MR) is 118 cm³/mol. The molecule has 5 rings (SSSR count). The maximum atomic E-state index is 5.89.